The lowest BCUT2D eigenvalue weighted by atomic mass is 10.1. The van der Waals surface area contributed by atoms with Crippen LogP contribution in [0.4, 0.5) is 0 Å². The number of hydrogen-bond acceptors (Lipinski definition) is 5. The smallest absolute Gasteiger partial charge is 0.209 e. The van der Waals surface area contributed by atoms with Crippen LogP contribution in [0.5, 0.6) is 0 Å². The van der Waals surface area contributed by atoms with E-state index in [2.05, 4.69) is 22.1 Å². The van der Waals surface area contributed by atoms with Gasteiger partial charge in [-0.05, 0) is 25.5 Å². The summed E-state index contributed by atoms with van der Waals surface area (Å²) in [5, 5.41) is 7.68. The standard InChI is InChI=1S/C11H16N4OS/c1-3-8(12)10(9-5-4-6-16-9)17-11-13-7(2)14-15-11/h4-6,8,10H,3,12H2,1-2H3,(H,13,14,15). The molecule has 5 nitrogen and oxygen atoms in total. The van der Waals surface area contributed by atoms with Gasteiger partial charge in [0.05, 0.1) is 11.5 Å². The molecule has 2 aromatic heterocycles. The number of furan rings is 1. The van der Waals surface area contributed by atoms with Crippen molar-refractivity contribution in [1.82, 2.24) is 15.2 Å². The first-order valence-electron chi connectivity index (χ1n) is 5.55. The van der Waals surface area contributed by atoms with Gasteiger partial charge in [-0.3, -0.25) is 5.10 Å². The maximum atomic E-state index is 6.12. The Balaban J connectivity index is 2.17. The maximum absolute atomic E-state index is 6.12. The fourth-order valence-corrected chi connectivity index (χ4v) is 2.64. The summed E-state index contributed by atoms with van der Waals surface area (Å²) >= 11 is 1.53. The van der Waals surface area contributed by atoms with Crippen molar-refractivity contribution in [2.45, 2.75) is 36.7 Å². The van der Waals surface area contributed by atoms with Crippen LogP contribution >= 0.6 is 11.8 Å². The van der Waals surface area contributed by atoms with Gasteiger partial charge in [0, 0.05) is 6.04 Å². The third-order valence-electron chi connectivity index (χ3n) is 2.49. The van der Waals surface area contributed by atoms with Gasteiger partial charge < -0.3 is 10.2 Å². The first-order chi connectivity index (χ1) is 8.20. The Bertz CT molecular complexity index is 454. The lowest BCUT2D eigenvalue weighted by Crippen LogP contribution is -2.25. The van der Waals surface area contributed by atoms with E-state index in [4.69, 9.17) is 10.2 Å². The molecule has 92 valence electrons. The van der Waals surface area contributed by atoms with Crippen molar-refractivity contribution in [1.29, 1.82) is 0 Å². The van der Waals surface area contributed by atoms with Gasteiger partial charge in [0.1, 0.15) is 11.6 Å². The molecule has 0 aromatic carbocycles. The average molecular weight is 252 g/mol. The van der Waals surface area contributed by atoms with E-state index in [0.717, 1.165) is 18.0 Å². The zero-order valence-electron chi connectivity index (χ0n) is 9.88. The molecule has 2 rings (SSSR count). The molecule has 0 fully saturated rings. The van der Waals surface area contributed by atoms with Crippen LogP contribution in [-0.4, -0.2) is 21.2 Å². The van der Waals surface area contributed by atoms with Gasteiger partial charge in [-0.1, -0.05) is 18.7 Å². The second kappa shape index (κ2) is 5.37. The molecule has 0 amide bonds. The number of aromatic amines is 1. The van der Waals surface area contributed by atoms with E-state index in [1.54, 1.807) is 6.26 Å². The molecule has 6 heteroatoms. The Labute approximate surface area is 104 Å². The number of aromatic nitrogens is 3. The summed E-state index contributed by atoms with van der Waals surface area (Å²) in [7, 11) is 0. The Morgan fingerprint density at radius 2 is 2.41 bits per heavy atom. The molecule has 0 aliphatic carbocycles. The number of H-pyrrole nitrogens is 1. The number of aryl methyl sites for hydroxylation is 1. The maximum Gasteiger partial charge on any atom is 0.209 e. The lowest BCUT2D eigenvalue weighted by molar-refractivity contribution is 0.473. The van der Waals surface area contributed by atoms with E-state index in [1.807, 2.05) is 19.1 Å². The Kier molecular flexibility index (Phi) is 3.86. The highest BCUT2D eigenvalue weighted by molar-refractivity contribution is 7.99. The second-order valence-corrected chi connectivity index (χ2v) is 4.94. The van der Waals surface area contributed by atoms with Gasteiger partial charge in [0.2, 0.25) is 5.16 Å². The van der Waals surface area contributed by atoms with E-state index < -0.39 is 0 Å². The third kappa shape index (κ3) is 2.89. The molecule has 0 saturated carbocycles. The zero-order chi connectivity index (χ0) is 12.3. The normalized spacial score (nSPS) is 14.8. The molecule has 2 atom stereocenters. The van der Waals surface area contributed by atoms with Gasteiger partial charge >= 0.3 is 0 Å². The number of hydrogen-bond donors (Lipinski definition) is 2. The zero-order valence-corrected chi connectivity index (χ0v) is 10.7. The van der Waals surface area contributed by atoms with Crippen molar-refractivity contribution in [2.24, 2.45) is 5.73 Å². The fraction of sp³-hybridized carbons (Fsp3) is 0.455. The molecule has 2 heterocycles. The Hall–Kier alpha value is -1.27. The molecule has 17 heavy (non-hydrogen) atoms. The topological polar surface area (TPSA) is 80.7 Å². The SMILES string of the molecule is CCC(N)C(Sc1n[nH]c(C)n1)c1ccco1. The van der Waals surface area contributed by atoms with Gasteiger partial charge in [-0.2, -0.15) is 0 Å². The largest absolute Gasteiger partial charge is 0.468 e. The minimum Gasteiger partial charge on any atom is -0.468 e. The first-order valence-corrected chi connectivity index (χ1v) is 6.43. The summed E-state index contributed by atoms with van der Waals surface area (Å²) < 4.78 is 5.43. The van der Waals surface area contributed by atoms with Crippen LogP contribution < -0.4 is 5.73 Å². The van der Waals surface area contributed by atoms with Crippen molar-refractivity contribution in [3.05, 3.63) is 30.0 Å². The number of nitrogens with zero attached hydrogens (tertiary/aromatic N) is 2. The minimum absolute atomic E-state index is 0.0185. The number of rotatable bonds is 5. The summed E-state index contributed by atoms with van der Waals surface area (Å²) in [4.78, 5) is 4.28. The molecule has 0 aliphatic heterocycles. The van der Waals surface area contributed by atoms with Crippen LogP contribution in [0.3, 0.4) is 0 Å². The van der Waals surface area contributed by atoms with Gasteiger partial charge in [-0.25, -0.2) is 4.98 Å². The van der Waals surface area contributed by atoms with Crippen LogP contribution in [0.2, 0.25) is 0 Å². The van der Waals surface area contributed by atoms with Crippen molar-refractivity contribution >= 4 is 11.8 Å². The minimum atomic E-state index is 0.0185. The van der Waals surface area contributed by atoms with Crippen molar-refractivity contribution < 1.29 is 4.42 Å². The molecule has 0 bridgehead atoms. The Morgan fingerprint density at radius 1 is 1.59 bits per heavy atom. The van der Waals surface area contributed by atoms with Crippen LogP contribution in [0, 0.1) is 6.92 Å². The van der Waals surface area contributed by atoms with Crippen molar-refractivity contribution in [2.75, 3.05) is 0 Å². The molecule has 0 spiro atoms. The van der Waals surface area contributed by atoms with Crippen LogP contribution in [0.1, 0.15) is 30.2 Å². The average Bonchev–Trinajstić information content (AvgIpc) is 2.96. The summed E-state index contributed by atoms with van der Waals surface area (Å²) in [6.45, 7) is 3.93. The highest BCUT2D eigenvalue weighted by Gasteiger charge is 2.24. The molecule has 2 aromatic rings. The van der Waals surface area contributed by atoms with E-state index in [-0.39, 0.29) is 11.3 Å². The summed E-state index contributed by atoms with van der Waals surface area (Å²) in [6, 6.07) is 3.83. The van der Waals surface area contributed by atoms with E-state index in [9.17, 15) is 0 Å². The monoisotopic (exact) mass is 252 g/mol. The van der Waals surface area contributed by atoms with E-state index in [1.165, 1.54) is 11.8 Å². The molecular formula is C11H16N4OS. The quantitative estimate of drug-likeness (QED) is 0.798. The number of nitrogens with two attached hydrogens (primary N) is 1. The van der Waals surface area contributed by atoms with Crippen molar-refractivity contribution in [3.63, 3.8) is 0 Å². The highest BCUT2D eigenvalue weighted by atomic mass is 32.2. The molecule has 0 aliphatic rings. The molecule has 0 radical (unpaired) electrons. The summed E-state index contributed by atoms with van der Waals surface area (Å²) in [5.74, 6) is 1.67. The lowest BCUT2D eigenvalue weighted by Gasteiger charge is -2.18. The molecule has 0 saturated heterocycles. The van der Waals surface area contributed by atoms with Crippen LogP contribution in [-0.2, 0) is 0 Å². The number of nitrogens with one attached hydrogen (secondary N) is 1. The predicted octanol–water partition coefficient (Wildman–Crippen LogP) is 2.28. The van der Waals surface area contributed by atoms with Crippen LogP contribution in [0.15, 0.2) is 28.0 Å². The van der Waals surface area contributed by atoms with Gasteiger partial charge in [0.25, 0.3) is 0 Å². The van der Waals surface area contributed by atoms with Crippen LogP contribution in [0.25, 0.3) is 0 Å². The van der Waals surface area contributed by atoms with Crippen molar-refractivity contribution in [3.8, 4) is 0 Å². The highest BCUT2D eigenvalue weighted by Crippen LogP contribution is 2.36. The molecular weight excluding hydrogens is 236 g/mol. The summed E-state index contributed by atoms with van der Waals surface area (Å²) in [5.41, 5.74) is 6.12. The van der Waals surface area contributed by atoms with Gasteiger partial charge in [0.15, 0.2) is 0 Å². The second-order valence-electron chi connectivity index (χ2n) is 3.83. The summed E-state index contributed by atoms with van der Waals surface area (Å²) in [6.07, 6.45) is 2.54. The molecule has 2 unspecified atom stereocenters. The molecule has 3 N–H and O–H groups in total. The first kappa shape index (κ1) is 12.2. The number of thioether (sulfide) groups is 1. The fourth-order valence-electron chi connectivity index (χ4n) is 1.51. The third-order valence-corrected chi connectivity index (χ3v) is 3.72. The van der Waals surface area contributed by atoms with E-state index in [0.29, 0.717) is 5.16 Å². The van der Waals surface area contributed by atoms with Gasteiger partial charge in [-0.15, -0.1) is 5.10 Å². The van der Waals surface area contributed by atoms with E-state index >= 15 is 0 Å². The predicted molar refractivity (Wildman–Crippen MR) is 66.7 cm³/mol. The Morgan fingerprint density at radius 3 is 2.94 bits per heavy atom.